The summed E-state index contributed by atoms with van der Waals surface area (Å²) in [5, 5.41) is -2.76. The van der Waals surface area contributed by atoms with Gasteiger partial charge in [0.15, 0.2) is 0 Å². The van der Waals surface area contributed by atoms with E-state index in [0.29, 0.717) is 12.2 Å². The van der Waals surface area contributed by atoms with Crippen molar-refractivity contribution >= 4 is 51.9 Å². The van der Waals surface area contributed by atoms with Gasteiger partial charge in [-0.2, -0.15) is 12.6 Å². The molecule has 0 nitrogen and oxygen atoms in total. The second-order valence-electron chi connectivity index (χ2n) is 2.80. The van der Waals surface area contributed by atoms with Crippen molar-refractivity contribution in [3.8, 4) is 0 Å². The fourth-order valence-electron chi connectivity index (χ4n) is 0.588. The Morgan fingerprint density at radius 1 is 1.00 bits per heavy atom. The summed E-state index contributed by atoms with van der Waals surface area (Å²) < 4.78 is 0. The highest BCUT2D eigenvalue weighted by Gasteiger charge is 2.28. The van der Waals surface area contributed by atoms with E-state index < -0.39 is 10.3 Å². The normalized spacial score (nSPS) is 13.2. The van der Waals surface area contributed by atoms with Crippen LogP contribution in [0.5, 0.6) is 0 Å². The van der Waals surface area contributed by atoms with Crippen molar-refractivity contribution in [1.29, 1.82) is 0 Å². The van der Waals surface area contributed by atoms with Crippen LogP contribution in [0, 0.1) is 0 Å². The molecule has 11 heavy (non-hydrogen) atoms. The Kier molecular flexibility index (Phi) is 4.32. The lowest BCUT2D eigenvalue weighted by atomic mass is 9.22. The Morgan fingerprint density at radius 2 is 1.45 bits per heavy atom. The topological polar surface area (TPSA) is 0 Å². The highest BCUT2D eigenvalue weighted by molar-refractivity contribution is 7.80. The van der Waals surface area contributed by atoms with Crippen molar-refractivity contribution in [2.24, 2.45) is 0 Å². The zero-order valence-corrected chi connectivity index (χ0v) is 7.35. The molecule has 0 aromatic carbocycles. The van der Waals surface area contributed by atoms with Crippen molar-refractivity contribution in [3.05, 3.63) is 0 Å². The second kappa shape index (κ2) is 4.07. The lowest BCUT2D eigenvalue weighted by Crippen LogP contribution is -2.33. The summed E-state index contributed by atoms with van der Waals surface area (Å²) in [7, 11) is 27.1. The minimum Gasteiger partial charge on any atom is -0.179 e. The maximum atomic E-state index is 5.55. The lowest BCUT2D eigenvalue weighted by molar-refractivity contribution is 0.671. The SMILES string of the molecule is [B]C([B])([B])C([B])([B])CCCS. The Hall–Kier alpha value is 0.675. The van der Waals surface area contributed by atoms with Crippen LogP contribution in [-0.4, -0.2) is 45.0 Å². The van der Waals surface area contributed by atoms with E-state index in [0.717, 1.165) is 6.42 Å². The molecule has 0 aromatic rings. The van der Waals surface area contributed by atoms with Gasteiger partial charge in [-0.15, -0.1) is 10.3 Å². The molecule has 0 rings (SSSR count). The fourth-order valence-corrected chi connectivity index (χ4v) is 0.746. The van der Waals surface area contributed by atoms with Gasteiger partial charge in [0.2, 0.25) is 0 Å². The Morgan fingerprint density at radius 3 is 1.73 bits per heavy atom. The molecule has 0 aliphatic rings. The largest absolute Gasteiger partial charge is 0.179 e. The van der Waals surface area contributed by atoms with Gasteiger partial charge in [-0.25, -0.2) is 0 Å². The summed E-state index contributed by atoms with van der Waals surface area (Å²) >= 11 is 3.99. The van der Waals surface area contributed by atoms with E-state index in [2.05, 4.69) is 12.6 Å². The smallest absolute Gasteiger partial charge is 0.0599 e. The predicted molar refractivity (Wildman–Crippen MR) is 57.2 cm³/mol. The summed E-state index contributed by atoms with van der Waals surface area (Å²) in [6, 6.07) is 0. The van der Waals surface area contributed by atoms with E-state index in [1.165, 1.54) is 0 Å². The zero-order valence-electron chi connectivity index (χ0n) is 6.46. The van der Waals surface area contributed by atoms with Crippen LogP contribution in [0.1, 0.15) is 12.8 Å². The van der Waals surface area contributed by atoms with Crippen molar-refractivity contribution in [1.82, 2.24) is 0 Å². The minimum absolute atomic E-state index is 0.458. The molecule has 0 saturated heterocycles. The Balaban J connectivity index is 4.00. The highest BCUT2D eigenvalue weighted by atomic mass is 32.1. The van der Waals surface area contributed by atoms with E-state index in [1.54, 1.807) is 0 Å². The molecule has 10 radical (unpaired) electrons. The molecule has 0 heterocycles. The van der Waals surface area contributed by atoms with E-state index >= 15 is 0 Å². The van der Waals surface area contributed by atoms with Crippen molar-refractivity contribution < 1.29 is 0 Å². The molecule has 48 valence electrons. The third-order valence-electron chi connectivity index (χ3n) is 1.55. The Labute approximate surface area is 81.1 Å². The molecule has 0 aliphatic heterocycles. The molecule has 0 bridgehead atoms. The van der Waals surface area contributed by atoms with Gasteiger partial charge < -0.3 is 0 Å². The summed E-state index contributed by atoms with van der Waals surface area (Å²) in [4.78, 5) is 0. The third-order valence-corrected chi connectivity index (χ3v) is 1.87. The van der Waals surface area contributed by atoms with Crippen molar-refractivity contribution in [2.45, 2.75) is 23.2 Å². The molecule has 0 aromatic heterocycles. The van der Waals surface area contributed by atoms with Crippen molar-refractivity contribution in [2.75, 3.05) is 5.75 Å². The molecule has 6 heteroatoms. The maximum absolute atomic E-state index is 5.55. The number of rotatable bonds is 4. The second-order valence-corrected chi connectivity index (χ2v) is 3.25. The minimum atomic E-state index is -1.53. The molecule has 0 spiro atoms. The molecule has 0 fully saturated rings. The van der Waals surface area contributed by atoms with Gasteiger partial charge >= 0.3 is 0 Å². The van der Waals surface area contributed by atoms with Crippen LogP contribution in [0.3, 0.4) is 0 Å². The number of hydrogen-bond donors (Lipinski definition) is 1. The van der Waals surface area contributed by atoms with Crippen LogP contribution in [-0.2, 0) is 0 Å². The standard InChI is InChI=1S/C5H7B5S/c6-4(7,2-1-3-11)5(8,9)10/h11H,1-3H2. The van der Waals surface area contributed by atoms with Crippen LogP contribution < -0.4 is 0 Å². The third kappa shape index (κ3) is 3.73. The number of thiol groups is 1. The maximum Gasteiger partial charge on any atom is 0.0599 e. The molecule has 0 N–H and O–H groups in total. The van der Waals surface area contributed by atoms with E-state index in [1.807, 2.05) is 0 Å². The predicted octanol–water partition coefficient (Wildman–Crippen LogP) is -0.271. The lowest BCUT2D eigenvalue weighted by Gasteiger charge is -2.42. The van der Waals surface area contributed by atoms with Crippen LogP contribution in [0.25, 0.3) is 0 Å². The molecule has 0 amide bonds. The first kappa shape index (κ1) is 11.7. The molecular weight excluding hydrogens is 146 g/mol. The first-order valence-electron chi connectivity index (χ1n) is 3.36. The average Bonchev–Trinajstić information content (AvgIpc) is 1.81. The van der Waals surface area contributed by atoms with Gasteiger partial charge in [0.1, 0.15) is 0 Å². The zero-order chi connectivity index (χ0) is 9.12. The van der Waals surface area contributed by atoms with E-state index in [9.17, 15) is 0 Å². The van der Waals surface area contributed by atoms with Gasteiger partial charge in [0.25, 0.3) is 0 Å². The first-order chi connectivity index (χ1) is 4.81. The van der Waals surface area contributed by atoms with Gasteiger partial charge in [0, 0.05) is 23.5 Å². The Bertz CT molecular complexity index is 119. The van der Waals surface area contributed by atoms with Crippen LogP contribution in [0.2, 0.25) is 10.3 Å². The summed E-state index contributed by atoms with van der Waals surface area (Å²) in [6.07, 6.45) is 1.20. The van der Waals surface area contributed by atoms with Gasteiger partial charge in [0.05, 0.1) is 15.7 Å². The van der Waals surface area contributed by atoms with Gasteiger partial charge in [-0.3, -0.25) is 0 Å². The van der Waals surface area contributed by atoms with Crippen LogP contribution in [0.15, 0.2) is 0 Å². The van der Waals surface area contributed by atoms with Gasteiger partial charge in [-0.05, 0) is 12.2 Å². The summed E-state index contributed by atoms with van der Waals surface area (Å²) in [5.41, 5.74) is 0. The first-order valence-corrected chi connectivity index (χ1v) is 4.00. The van der Waals surface area contributed by atoms with Crippen LogP contribution in [0.4, 0.5) is 0 Å². The average molecular weight is 153 g/mol. The molecule has 0 unspecified atom stereocenters. The molecule has 0 saturated carbocycles. The van der Waals surface area contributed by atoms with Gasteiger partial charge in [-0.1, -0.05) is 6.42 Å². The number of hydrogen-bond acceptors (Lipinski definition) is 1. The van der Waals surface area contributed by atoms with E-state index in [4.69, 9.17) is 39.2 Å². The fraction of sp³-hybridized carbons (Fsp3) is 1.00. The van der Waals surface area contributed by atoms with E-state index in [-0.39, 0.29) is 0 Å². The summed E-state index contributed by atoms with van der Waals surface area (Å²) in [5.74, 6) is 0.687. The van der Waals surface area contributed by atoms with Crippen molar-refractivity contribution in [3.63, 3.8) is 0 Å². The highest BCUT2D eigenvalue weighted by Crippen LogP contribution is 2.42. The monoisotopic (exact) mass is 154 g/mol. The molecular formula is C5H7B5S. The quantitative estimate of drug-likeness (QED) is 0.417. The van der Waals surface area contributed by atoms with Crippen LogP contribution >= 0.6 is 12.6 Å². The molecule has 0 aliphatic carbocycles. The summed E-state index contributed by atoms with van der Waals surface area (Å²) in [6.45, 7) is 0. The molecule has 0 atom stereocenters.